The smallest absolute Gasteiger partial charge is 0.341 e. The summed E-state index contributed by atoms with van der Waals surface area (Å²) >= 11 is 1.68. The first-order chi connectivity index (χ1) is 18.4. The molecule has 1 aliphatic heterocycles. The maximum atomic E-state index is 11.9. The van der Waals surface area contributed by atoms with Crippen molar-refractivity contribution in [2.75, 3.05) is 68.8 Å². The Morgan fingerprint density at radius 3 is 2.45 bits per heavy atom. The van der Waals surface area contributed by atoms with Gasteiger partial charge in [-0.1, -0.05) is 0 Å². The van der Waals surface area contributed by atoms with Crippen molar-refractivity contribution < 1.29 is 14.3 Å². The van der Waals surface area contributed by atoms with Crippen LogP contribution in [-0.2, 0) is 16.0 Å². The molecule has 11 heteroatoms. The van der Waals surface area contributed by atoms with Crippen LogP contribution < -0.4 is 14.7 Å². The first-order valence-corrected chi connectivity index (χ1v) is 13.4. The Hall–Kier alpha value is -3.83. The zero-order chi connectivity index (χ0) is 26.6. The molecule has 0 atom stereocenters. The maximum Gasteiger partial charge on any atom is 0.341 e. The molecule has 0 radical (unpaired) electrons. The van der Waals surface area contributed by atoms with E-state index >= 15 is 0 Å². The summed E-state index contributed by atoms with van der Waals surface area (Å²) in [6.07, 6.45) is 3.00. The van der Waals surface area contributed by atoms with Gasteiger partial charge in [-0.3, -0.25) is 0 Å². The van der Waals surface area contributed by atoms with Crippen LogP contribution in [0.1, 0.15) is 22.2 Å². The zero-order valence-corrected chi connectivity index (χ0v) is 22.9. The van der Waals surface area contributed by atoms with Crippen LogP contribution >= 0.6 is 11.3 Å². The molecule has 38 heavy (non-hydrogen) atoms. The Kier molecular flexibility index (Phi) is 7.66. The second-order valence-electron chi connectivity index (χ2n) is 9.19. The van der Waals surface area contributed by atoms with Gasteiger partial charge in [0.25, 0.3) is 0 Å². The van der Waals surface area contributed by atoms with E-state index in [1.54, 1.807) is 18.3 Å². The van der Waals surface area contributed by atoms with Crippen molar-refractivity contribution >= 4 is 45.0 Å². The molecule has 0 aliphatic carbocycles. The lowest BCUT2D eigenvalue weighted by atomic mass is 10.2. The Morgan fingerprint density at radius 2 is 1.79 bits per heavy atom. The molecule has 0 bridgehead atoms. The molecule has 3 aromatic heterocycles. The van der Waals surface area contributed by atoms with Crippen molar-refractivity contribution in [2.24, 2.45) is 0 Å². The van der Waals surface area contributed by atoms with Gasteiger partial charge in [0.05, 0.1) is 42.1 Å². The Balaban J connectivity index is 1.45. The van der Waals surface area contributed by atoms with Crippen molar-refractivity contribution in [3.05, 3.63) is 53.2 Å². The van der Waals surface area contributed by atoms with Gasteiger partial charge in [-0.15, -0.1) is 11.3 Å². The highest BCUT2D eigenvalue weighted by Gasteiger charge is 2.21. The van der Waals surface area contributed by atoms with E-state index in [1.807, 2.05) is 26.0 Å². The third-order valence-corrected chi connectivity index (χ3v) is 7.35. The molecule has 4 aromatic rings. The molecule has 5 rings (SSSR count). The molecule has 0 spiro atoms. The summed E-state index contributed by atoms with van der Waals surface area (Å²) in [5.74, 6) is 1.75. The van der Waals surface area contributed by atoms with E-state index in [0.29, 0.717) is 43.7 Å². The number of fused-ring (bicyclic) bond motifs is 1. The van der Waals surface area contributed by atoms with E-state index in [2.05, 4.69) is 50.1 Å². The average molecular weight is 534 g/mol. The molecule has 0 saturated carbocycles. The largest absolute Gasteiger partial charge is 0.462 e. The molecule has 1 fully saturated rings. The monoisotopic (exact) mass is 533 g/mol. The van der Waals surface area contributed by atoms with Crippen molar-refractivity contribution in [2.45, 2.75) is 13.5 Å². The average Bonchev–Trinajstić information content (AvgIpc) is 3.35. The fourth-order valence-electron chi connectivity index (χ4n) is 4.21. The number of hydrogen-bond donors (Lipinski definition) is 0. The number of nitrogens with zero attached hydrogens (tertiary/aromatic N) is 7. The molecular formula is C27H31N7O3S. The number of rotatable bonds is 8. The molecule has 10 nitrogen and oxygen atoms in total. The summed E-state index contributed by atoms with van der Waals surface area (Å²) in [5.41, 5.74) is 3.36. The van der Waals surface area contributed by atoms with E-state index in [4.69, 9.17) is 19.4 Å². The number of ether oxygens (including phenoxy) is 2. The zero-order valence-electron chi connectivity index (χ0n) is 22.0. The SMILES string of the molecule is CCOC(=O)c1cnc(N(C)Cc2cc3nc(-c4ccc(N(C)C)cc4)nc(N4CCOCC4)c3s2)nc1. The van der Waals surface area contributed by atoms with Gasteiger partial charge >= 0.3 is 5.97 Å². The Morgan fingerprint density at radius 1 is 1.08 bits per heavy atom. The van der Waals surface area contributed by atoms with Crippen LogP contribution in [0.25, 0.3) is 21.6 Å². The highest BCUT2D eigenvalue weighted by atomic mass is 32.1. The van der Waals surface area contributed by atoms with Gasteiger partial charge in [0.2, 0.25) is 5.95 Å². The van der Waals surface area contributed by atoms with Crippen LogP contribution in [0.2, 0.25) is 0 Å². The minimum Gasteiger partial charge on any atom is -0.462 e. The Bertz CT molecular complexity index is 1400. The van der Waals surface area contributed by atoms with Gasteiger partial charge in [-0.05, 0) is 37.3 Å². The number of anilines is 3. The topological polar surface area (TPSA) is 96.8 Å². The van der Waals surface area contributed by atoms with Crippen LogP contribution in [0.15, 0.2) is 42.7 Å². The third kappa shape index (κ3) is 5.53. The van der Waals surface area contributed by atoms with E-state index in [0.717, 1.165) is 45.3 Å². The van der Waals surface area contributed by atoms with Crippen LogP contribution in [0.4, 0.5) is 17.5 Å². The van der Waals surface area contributed by atoms with E-state index < -0.39 is 5.97 Å². The van der Waals surface area contributed by atoms with Crippen molar-refractivity contribution in [1.82, 2.24) is 19.9 Å². The van der Waals surface area contributed by atoms with Gasteiger partial charge in [0, 0.05) is 62.8 Å². The summed E-state index contributed by atoms with van der Waals surface area (Å²) in [5, 5.41) is 0. The summed E-state index contributed by atoms with van der Waals surface area (Å²) in [7, 11) is 5.98. The standard InChI is InChI=1S/C27H31N7O3S/c1-5-37-26(35)19-15-28-27(29-16-19)33(4)17-21-14-22-23(38-21)25(34-10-12-36-13-11-34)31-24(30-22)18-6-8-20(9-7-18)32(2)3/h6-9,14-16H,5,10-13,17H2,1-4H3. The van der Waals surface area contributed by atoms with Crippen LogP contribution in [0, 0.1) is 0 Å². The fourth-order valence-corrected chi connectivity index (χ4v) is 5.38. The van der Waals surface area contributed by atoms with Gasteiger partial charge in [0.1, 0.15) is 0 Å². The first kappa shape index (κ1) is 25.8. The Labute approximate surface area is 225 Å². The summed E-state index contributed by atoms with van der Waals surface area (Å²) < 4.78 is 11.7. The van der Waals surface area contributed by atoms with E-state index in [9.17, 15) is 4.79 Å². The second-order valence-corrected chi connectivity index (χ2v) is 10.3. The van der Waals surface area contributed by atoms with E-state index in [-0.39, 0.29) is 0 Å². The third-order valence-electron chi connectivity index (χ3n) is 6.24. The summed E-state index contributed by atoms with van der Waals surface area (Å²) in [4.78, 5) is 38.0. The molecule has 198 valence electrons. The lowest BCUT2D eigenvalue weighted by molar-refractivity contribution is 0.0525. The van der Waals surface area contributed by atoms with Crippen LogP contribution in [0.5, 0.6) is 0 Å². The molecule has 1 saturated heterocycles. The quantitative estimate of drug-likeness (QED) is 0.311. The lowest BCUT2D eigenvalue weighted by Crippen LogP contribution is -2.36. The van der Waals surface area contributed by atoms with Gasteiger partial charge in [0.15, 0.2) is 11.6 Å². The van der Waals surface area contributed by atoms with E-state index in [1.165, 1.54) is 12.4 Å². The minimum atomic E-state index is -0.424. The van der Waals surface area contributed by atoms with Gasteiger partial charge in [-0.25, -0.2) is 24.7 Å². The highest BCUT2D eigenvalue weighted by Crippen LogP contribution is 2.35. The fraction of sp³-hybridized carbons (Fsp3) is 0.370. The first-order valence-electron chi connectivity index (χ1n) is 12.5. The summed E-state index contributed by atoms with van der Waals surface area (Å²) in [6.45, 7) is 5.61. The molecular weight excluding hydrogens is 502 g/mol. The number of carbonyl (C=O) groups excluding carboxylic acids is 1. The van der Waals surface area contributed by atoms with Gasteiger partial charge < -0.3 is 24.2 Å². The number of aromatic nitrogens is 4. The number of esters is 1. The minimum absolute atomic E-state index is 0.310. The number of benzene rings is 1. The van der Waals surface area contributed by atoms with Crippen LogP contribution in [0.3, 0.4) is 0 Å². The number of morpholine rings is 1. The molecule has 0 N–H and O–H groups in total. The highest BCUT2D eigenvalue weighted by molar-refractivity contribution is 7.19. The van der Waals surface area contributed by atoms with Gasteiger partial charge in [-0.2, -0.15) is 0 Å². The van der Waals surface area contributed by atoms with Crippen molar-refractivity contribution in [3.63, 3.8) is 0 Å². The predicted molar refractivity (Wildman–Crippen MR) is 150 cm³/mol. The molecule has 0 unspecified atom stereocenters. The second kappa shape index (κ2) is 11.3. The summed E-state index contributed by atoms with van der Waals surface area (Å²) in [6, 6.07) is 10.4. The van der Waals surface area contributed by atoms with Crippen molar-refractivity contribution in [1.29, 1.82) is 0 Å². The molecule has 1 aliphatic rings. The molecule has 0 amide bonds. The number of hydrogen-bond acceptors (Lipinski definition) is 11. The van der Waals surface area contributed by atoms with Crippen LogP contribution in [-0.4, -0.2) is 80.0 Å². The molecule has 1 aromatic carbocycles. The number of thiophene rings is 1. The normalized spacial score (nSPS) is 13.5. The van der Waals surface area contributed by atoms with Crippen molar-refractivity contribution in [3.8, 4) is 11.4 Å². The maximum absolute atomic E-state index is 11.9. The number of carbonyl (C=O) groups is 1. The lowest BCUT2D eigenvalue weighted by Gasteiger charge is -2.28. The molecule has 4 heterocycles. The predicted octanol–water partition coefficient (Wildman–Crippen LogP) is 3.86.